The van der Waals surface area contributed by atoms with Gasteiger partial charge in [0.2, 0.25) is 5.91 Å². The van der Waals surface area contributed by atoms with Crippen molar-refractivity contribution in [1.29, 1.82) is 0 Å². The molecule has 1 fully saturated rings. The van der Waals surface area contributed by atoms with Crippen molar-refractivity contribution in [1.82, 2.24) is 15.5 Å². The molecule has 0 aromatic rings. The van der Waals surface area contributed by atoms with E-state index in [2.05, 4.69) is 15.6 Å². The van der Waals surface area contributed by atoms with Crippen LogP contribution in [0.2, 0.25) is 0 Å². The van der Waals surface area contributed by atoms with Crippen LogP contribution < -0.4 is 10.6 Å². The Morgan fingerprint density at radius 1 is 1.52 bits per heavy atom. The van der Waals surface area contributed by atoms with Gasteiger partial charge in [0.1, 0.15) is 6.54 Å². The van der Waals surface area contributed by atoms with E-state index in [0.717, 1.165) is 19.6 Å². The third-order valence-electron chi connectivity index (χ3n) is 3.07. The van der Waals surface area contributed by atoms with Gasteiger partial charge in [-0.05, 0) is 20.3 Å². The van der Waals surface area contributed by atoms with Crippen LogP contribution in [0.1, 0.15) is 20.3 Å². The van der Waals surface area contributed by atoms with Crippen LogP contribution >= 0.6 is 0 Å². The summed E-state index contributed by atoms with van der Waals surface area (Å²) in [4.78, 5) is 17.4. The van der Waals surface area contributed by atoms with E-state index < -0.39 is 0 Å². The molecule has 0 radical (unpaired) electrons. The number of ether oxygens (including phenoxy) is 2. The van der Waals surface area contributed by atoms with Gasteiger partial charge in [0, 0.05) is 33.3 Å². The Bertz CT molecular complexity index is 341. The van der Waals surface area contributed by atoms with Crippen LogP contribution in [-0.2, 0) is 14.3 Å². The molecule has 0 bridgehead atoms. The van der Waals surface area contributed by atoms with Gasteiger partial charge in [-0.2, -0.15) is 0 Å². The minimum atomic E-state index is -0.0285. The highest BCUT2D eigenvalue weighted by Crippen LogP contribution is 2.08. The fourth-order valence-corrected chi connectivity index (χ4v) is 1.81. The number of carbonyl (C=O) groups excluding carboxylic acids is 1. The van der Waals surface area contributed by atoms with Gasteiger partial charge in [-0.1, -0.05) is 0 Å². The number of amides is 1. The van der Waals surface area contributed by atoms with Gasteiger partial charge in [-0.25, -0.2) is 4.99 Å². The van der Waals surface area contributed by atoms with Crippen molar-refractivity contribution < 1.29 is 14.3 Å². The van der Waals surface area contributed by atoms with E-state index in [1.54, 1.807) is 14.1 Å². The average Bonchev–Trinajstić information content (AvgIpc) is 2.95. The molecule has 1 aliphatic heterocycles. The molecule has 0 aromatic heterocycles. The first-order valence-corrected chi connectivity index (χ1v) is 7.47. The maximum absolute atomic E-state index is 11.6. The van der Waals surface area contributed by atoms with Gasteiger partial charge in [0.15, 0.2) is 5.96 Å². The summed E-state index contributed by atoms with van der Waals surface area (Å²) < 4.78 is 11.0. The zero-order valence-corrected chi connectivity index (χ0v) is 13.5. The third kappa shape index (κ3) is 7.29. The Hall–Kier alpha value is -1.34. The van der Waals surface area contributed by atoms with Crippen LogP contribution in [0.3, 0.4) is 0 Å². The number of rotatable bonds is 7. The molecule has 7 nitrogen and oxygen atoms in total. The molecule has 7 heteroatoms. The number of hydrogen-bond acceptors (Lipinski definition) is 4. The largest absolute Gasteiger partial charge is 0.379 e. The maximum Gasteiger partial charge on any atom is 0.243 e. The molecule has 0 saturated carbocycles. The second-order valence-corrected chi connectivity index (χ2v) is 5.35. The predicted molar refractivity (Wildman–Crippen MR) is 82.4 cm³/mol. The number of aliphatic imine (C=N–C) groups is 1. The highest BCUT2D eigenvalue weighted by Gasteiger charge is 2.17. The van der Waals surface area contributed by atoms with Gasteiger partial charge < -0.3 is 25.0 Å². The number of carbonyl (C=O) groups is 1. The van der Waals surface area contributed by atoms with E-state index in [4.69, 9.17) is 9.47 Å². The van der Waals surface area contributed by atoms with Crippen molar-refractivity contribution in [3.05, 3.63) is 0 Å². The van der Waals surface area contributed by atoms with Crippen LogP contribution in [0.15, 0.2) is 4.99 Å². The molecule has 1 rings (SSSR count). The van der Waals surface area contributed by atoms with E-state index in [-0.39, 0.29) is 24.6 Å². The fourth-order valence-electron chi connectivity index (χ4n) is 1.81. The molecule has 2 N–H and O–H groups in total. The zero-order chi connectivity index (χ0) is 15.7. The first-order chi connectivity index (χ1) is 10.0. The Labute approximate surface area is 127 Å². The maximum atomic E-state index is 11.6. The lowest BCUT2D eigenvalue weighted by atomic mass is 10.3. The number of nitrogens with zero attached hydrogens (tertiary/aromatic N) is 2. The monoisotopic (exact) mass is 300 g/mol. The van der Waals surface area contributed by atoms with Crippen molar-refractivity contribution in [2.24, 2.45) is 4.99 Å². The van der Waals surface area contributed by atoms with E-state index >= 15 is 0 Å². The van der Waals surface area contributed by atoms with Crippen LogP contribution in [-0.4, -0.2) is 75.9 Å². The van der Waals surface area contributed by atoms with Crippen LogP contribution in [0.4, 0.5) is 0 Å². The standard InChI is InChI=1S/C14H28N4O3/c1-5-15-14(16-8-13(19)18(3)4)17-11(2)9-21-12-6-7-20-10-12/h11-12H,5-10H2,1-4H3,(H2,15,16,17). The zero-order valence-electron chi connectivity index (χ0n) is 13.5. The molecule has 0 spiro atoms. The summed E-state index contributed by atoms with van der Waals surface area (Å²) in [6.07, 6.45) is 1.15. The second kappa shape index (κ2) is 9.57. The second-order valence-electron chi connectivity index (χ2n) is 5.35. The van der Waals surface area contributed by atoms with E-state index in [0.29, 0.717) is 19.2 Å². The van der Waals surface area contributed by atoms with Gasteiger partial charge >= 0.3 is 0 Å². The minimum absolute atomic E-state index is 0.0285. The summed E-state index contributed by atoms with van der Waals surface area (Å²) >= 11 is 0. The van der Waals surface area contributed by atoms with Crippen molar-refractivity contribution >= 4 is 11.9 Å². The molecule has 2 atom stereocenters. The Kier molecular flexibility index (Phi) is 8.07. The summed E-state index contributed by atoms with van der Waals surface area (Å²) in [7, 11) is 3.44. The fraction of sp³-hybridized carbons (Fsp3) is 0.857. The summed E-state index contributed by atoms with van der Waals surface area (Å²) in [5.41, 5.74) is 0. The molecule has 1 amide bonds. The van der Waals surface area contributed by atoms with Crippen LogP contribution in [0.5, 0.6) is 0 Å². The van der Waals surface area contributed by atoms with Gasteiger partial charge in [-0.3, -0.25) is 4.79 Å². The molecular weight excluding hydrogens is 272 g/mol. The van der Waals surface area contributed by atoms with Gasteiger partial charge in [0.25, 0.3) is 0 Å². The predicted octanol–water partition coefficient (Wildman–Crippen LogP) is -0.176. The Morgan fingerprint density at radius 3 is 2.86 bits per heavy atom. The topological polar surface area (TPSA) is 75.2 Å². The molecular formula is C14H28N4O3. The summed E-state index contributed by atoms with van der Waals surface area (Å²) in [6, 6.07) is 0.109. The highest BCUT2D eigenvalue weighted by molar-refractivity contribution is 5.84. The third-order valence-corrected chi connectivity index (χ3v) is 3.07. The summed E-state index contributed by atoms with van der Waals surface area (Å²) in [5.74, 6) is 0.602. The molecule has 1 saturated heterocycles. The number of hydrogen-bond donors (Lipinski definition) is 2. The van der Waals surface area contributed by atoms with Crippen molar-refractivity contribution in [2.75, 3.05) is 47.0 Å². The average molecular weight is 300 g/mol. The molecule has 0 aliphatic carbocycles. The van der Waals surface area contributed by atoms with Gasteiger partial charge in [-0.15, -0.1) is 0 Å². The first kappa shape index (κ1) is 17.7. The SMILES string of the molecule is CCNC(=NCC(=O)N(C)C)NC(C)COC1CCOC1. The van der Waals surface area contributed by atoms with E-state index in [1.165, 1.54) is 4.90 Å². The van der Waals surface area contributed by atoms with E-state index in [1.807, 2.05) is 13.8 Å². The van der Waals surface area contributed by atoms with Crippen molar-refractivity contribution in [3.63, 3.8) is 0 Å². The number of guanidine groups is 1. The van der Waals surface area contributed by atoms with E-state index in [9.17, 15) is 4.79 Å². The highest BCUT2D eigenvalue weighted by atomic mass is 16.5. The van der Waals surface area contributed by atoms with Crippen molar-refractivity contribution in [3.8, 4) is 0 Å². The Balaban J connectivity index is 2.36. The quantitative estimate of drug-likeness (QED) is 0.504. The smallest absolute Gasteiger partial charge is 0.243 e. The molecule has 1 aliphatic rings. The number of likely N-dealkylation sites (N-methyl/N-ethyl adjacent to an activating group) is 1. The first-order valence-electron chi connectivity index (χ1n) is 7.47. The minimum Gasteiger partial charge on any atom is -0.379 e. The summed E-state index contributed by atoms with van der Waals surface area (Å²) in [6.45, 7) is 6.93. The molecule has 122 valence electrons. The Morgan fingerprint density at radius 2 is 2.29 bits per heavy atom. The molecule has 2 unspecified atom stereocenters. The van der Waals surface area contributed by atoms with Gasteiger partial charge in [0.05, 0.1) is 19.3 Å². The lowest BCUT2D eigenvalue weighted by Gasteiger charge is -2.19. The van der Waals surface area contributed by atoms with Crippen LogP contribution in [0.25, 0.3) is 0 Å². The lowest BCUT2D eigenvalue weighted by molar-refractivity contribution is -0.127. The molecule has 21 heavy (non-hydrogen) atoms. The number of nitrogens with one attached hydrogen (secondary N) is 2. The summed E-state index contributed by atoms with van der Waals surface area (Å²) in [5, 5.41) is 6.36. The molecule has 1 heterocycles. The molecule has 0 aromatic carbocycles. The van der Waals surface area contributed by atoms with Crippen molar-refractivity contribution in [2.45, 2.75) is 32.4 Å². The normalized spacial score (nSPS) is 20.2. The lowest BCUT2D eigenvalue weighted by Crippen LogP contribution is -2.45. The van der Waals surface area contributed by atoms with Crippen LogP contribution in [0, 0.1) is 0 Å².